The number of aliphatic carboxylic acids is 1. The normalized spacial score (nSPS) is 12.9. The van der Waals surface area contributed by atoms with Crippen LogP contribution in [0.5, 0.6) is 0 Å². The minimum Gasteiger partial charge on any atom is -0.481 e. The highest BCUT2D eigenvalue weighted by atomic mass is 16.7. The molecule has 1 amide bonds. The second kappa shape index (κ2) is 13.1. The van der Waals surface area contributed by atoms with Crippen LogP contribution < -0.4 is 5.32 Å². The Labute approximate surface area is 233 Å². The molecule has 4 aromatic rings. The van der Waals surface area contributed by atoms with Gasteiger partial charge in [-0.25, -0.2) is 4.79 Å². The molecule has 1 aliphatic rings. The van der Waals surface area contributed by atoms with Crippen molar-refractivity contribution < 1.29 is 28.9 Å². The summed E-state index contributed by atoms with van der Waals surface area (Å²) in [5, 5.41) is 12.3. The third kappa shape index (κ3) is 6.75. The van der Waals surface area contributed by atoms with Crippen molar-refractivity contribution in [2.45, 2.75) is 37.9 Å². The molecule has 40 heavy (non-hydrogen) atoms. The Bertz CT molecular complexity index is 1340. The zero-order chi connectivity index (χ0) is 27.7. The quantitative estimate of drug-likeness (QED) is 0.211. The molecule has 5 rings (SSSR count). The molecule has 1 aliphatic carbocycles. The van der Waals surface area contributed by atoms with Crippen molar-refractivity contribution in [3.05, 3.63) is 131 Å². The topological polar surface area (TPSA) is 94.1 Å². The van der Waals surface area contributed by atoms with Crippen molar-refractivity contribution in [2.24, 2.45) is 0 Å². The molecule has 0 heterocycles. The predicted octanol–water partition coefficient (Wildman–Crippen LogP) is 6.13. The summed E-state index contributed by atoms with van der Waals surface area (Å²) in [7, 11) is 0. The molecule has 7 heteroatoms. The molecule has 0 aromatic heterocycles. The van der Waals surface area contributed by atoms with E-state index in [1.165, 1.54) is 0 Å². The fraction of sp³-hybridized carbons (Fsp3) is 0.212. The summed E-state index contributed by atoms with van der Waals surface area (Å²) in [5.74, 6) is -1.21. The van der Waals surface area contributed by atoms with Crippen molar-refractivity contribution in [1.29, 1.82) is 0 Å². The summed E-state index contributed by atoms with van der Waals surface area (Å²) in [5.41, 5.74) is 6.22. The van der Waals surface area contributed by atoms with Gasteiger partial charge < -0.3 is 24.6 Å². The lowest BCUT2D eigenvalue weighted by Gasteiger charge is -2.27. The van der Waals surface area contributed by atoms with E-state index in [2.05, 4.69) is 17.4 Å². The largest absolute Gasteiger partial charge is 0.481 e. The van der Waals surface area contributed by atoms with Crippen LogP contribution in [-0.4, -0.2) is 36.1 Å². The number of amides is 1. The van der Waals surface area contributed by atoms with E-state index >= 15 is 0 Å². The second-order valence-corrected chi connectivity index (χ2v) is 9.64. The van der Waals surface area contributed by atoms with E-state index in [0.717, 1.165) is 33.4 Å². The van der Waals surface area contributed by atoms with Crippen LogP contribution in [0.25, 0.3) is 11.1 Å². The summed E-state index contributed by atoms with van der Waals surface area (Å²) in [6, 6.07) is 34.1. The van der Waals surface area contributed by atoms with Crippen LogP contribution in [-0.2, 0) is 32.2 Å². The van der Waals surface area contributed by atoms with Crippen molar-refractivity contribution in [1.82, 2.24) is 5.32 Å². The van der Waals surface area contributed by atoms with Gasteiger partial charge in [-0.15, -0.1) is 0 Å². The van der Waals surface area contributed by atoms with Gasteiger partial charge in [-0.05, 0) is 33.4 Å². The van der Waals surface area contributed by atoms with E-state index in [1.807, 2.05) is 97.1 Å². The number of hydrogen-bond acceptors (Lipinski definition) is 5. The monoisotopic (exact) mass is 537 g/mol. The van der Waals surface area contributed by atoms with Crippen LogP contribution in [0.2, 0.25) is 0 Å². The van der Waals surface area contributed by atoms with Gasteiger partial charge in [0.05, 0.1) is 25.7 Å². The fourth-order valence-electron chi connectivity index (χ4n) is 4.98. The molecule has 0 saturated carbocycles. The van der Waals surface area contributed by atoms with Gasteiger partial charge in [0.25, 0.3) is 0 Å². The smallest absolute Gasteiger partial charge is 0.407 e. The molecule has 2 N–H and O–H groups in total. The minimum atomic E-state index is -1.10. The average Bonchev–Trinajstić information content (AvgIpc) is 3.30. The zero-order valence-corrected chi connectivity index (χ0v) is 21.9. The van der Waals surface area contributed by atoms with Crippen molar-refractivity contribution in [3.63, 3.8) is 0 Å². The first kappa shape index (κ1) is 27.1. The minimum absolute atomic E-state index is 0.111. The molecular formula is C33H31NO6. The molecule has 0 saturated heterocycles. The maximum atomic E-state index is 13.0. The van der Waals surface area contributed by atoms with Gasteiger partial charge in [0.2, 0.25) is 0 Å². The Kier molecular flexibility index (Phi) is 8.86. The highest BCUT2D eigenvalue weighted by Gasteiger charge is 2.31. The molecule has 0 radical (unpaired) electrons. The standard InChI is InChI=1S/C33H31NO6/c35-31(36)19-30(32(38-20-23-11-3-1-4-12-23)39-21-24-13-5-2-6-14-24)34-33(37)40-22-29-27-17-9-7-15-25(27)26-16-8-10-18-28(26)29/h1-18,29-30,32H,19-22H2,(H,34,37)(H,35,36). The zero-order valence-electron chi connectivity index (χ0n) is 21.9. The van der Waals surface area contributed by atoms with Gasteiger partial charge >= 0.3 is 12.1 Å². The summed E-state index contributed by atoms with van der Waals surface area (Å²) in [6.45, 7) is 0.478. The predicted molar refractivity (Wildman–Crippen MR) is 150 cm³/mol. The Hall–Kier alpha value is -4.46. The highest BCUT2D eigenvalue weighted by molar-refractivity contribution is 5.79. The molecule has 0 aliphatic heterocycles. The number of ether oxygens (including phenoxy) is 3. The molecule has 0 fully saturated rings. The summed E-state index contributed by atoms with van der Waals surface area (Å²) in [4.78, 5) is 24.8. The Morgan fingerprint density at radius 2 is 1.18 bits per heavy atom. The number of benzene rings is 4. The first-order chi connectivity index (χ1) is 19.6. The number of carbonyl (C=O) groups is 2. The van der Waals surface area contributed by atoms with E-state index in [0.29, 0.717) is 0 Å². The number of rotatable bonds is 12. The summed E-state index contributed by atoms with van der Waals surface area (Å²) >= 11 is 0. The van der Waals surface area contributed by atoms with Crippen LogP contribution in [0, 0.1) is 0 Å². The van der Waals surface area contributed by atoms with E-state index in [-0.39, 0.29) is 25.7 Å². The molecular weight excluding hydrogens is 506 g/mol. The molecule has 1 atom stereocenters. The third-order valence-electron chi connectivity index (χ3n) is 6.88. The van der Waals surface area contributed by atoms with Gasteiger partial charge in [0.15, 0.2) is 6.29 Å². The van der Waals surface area contributed by atoms with Crippen LogP contribution in [0.15, 0.2) is 109 Å². The number of alkyl carbamates (subject to hydrolysis) is 1. The van der Waals surface area contributed by atoms with Crippen LogP contribution in [0.3, 0.4) is 0 Å². The van der Waals surface area contributed by atoms with Gasteiger partial charge in [-0.3, -0.25) is 4.79 Å². The molecule has 0 spiro atoms. The van der Waals surface area contributed by atoms with Gasteiger partial charge in [-0.2, -0.15) is 0 Å². The van der Waals surface area contributed by atoms with Gasteiger partial charge in [-0.1, -0.05) is 109 Å². The molecule has 4 aromatic carbocycles. The SMILES string of the molecule is O=C(O)CC(NC(=O)OCC1c2ccccc2-c2ccccc21)C(OCc1ccccc1)OCc1ccccc1. The van der Waals surface area contributed by atoms with Crippen LogP contribution in [0.1, 0.15) is 34.6 Å². The lowest BCUT2D eigenvalue weighted by atomic mass is 9.98. The third-order valence-corrected chi connectivity index (χ3v) is 6.88. The first-order valence-corrected chi connectivity index (χ1v) is 13.2. The summed E-state index contributed by atoms with van der Waals surface area (Å²) in [6.07, 6.45) is -2.17. The van der Waals surface area contributed by atoms with E-state index in [9.17, 15) is 14.7 Å². The number of fused-ring (bicyclic) bond motifs is 3. The van der Waals surface area contributed by atoms with Crippen molar-refractivity contribution in [3.8, 4) is 11.1 Å². The van der Waals surface area contributed by atoms with E-state index in [1.54, 1.807) is 0 Å². The molecule has 7 nitrogen and oxygen atoms in total. The lowest BCUT2D eigenvalue weighted by molar-refractivity contribution is -0.177. The van der Waals surface area contributed by atoms with E-state index in [4.69, 9.17) is 14.2 Å². The molecule has 0 bridgehead atoms. The lowest BCUT2D eigenvalue weighted by Crippen LogP contribution is -2.47. The maximum absolute atomic E-state index is 13.0. The number of hydrogen-bond donors (Lipinski definition) is 2. The van der Waals surface area contributed by atoms with Crippen molar-refractivity contribution in [2.75, 3.05) is 6.61 Å². The Morgan fingerprint density at radius 3 is 1.68 bits per heavy atom. The highest BCUT2D eigenvalue weighted by Crippen LogP contribution is 2.44. The van der Waals surface area contributed by atoms with Crippen molar-refractivity contribution >= 4 is 12.1 Å². The number of carbonyl (C=O) groups excluding carboxylic acids is 1. The fourth-order valence-corrected chi connectivity index (χ4v) is 4.98. The maximum Gasteiger partial charge on any atom is 0.407 e. The molecule has 204 valence electrons. The number of carboxylic acid groups (broad SMARTS) is 1. The Morgan fingerprint density at radius 1 is 0.700 bits per heavy atom. The summed E-state index contributed by atoms with van der Waals surface area (Å²) < 4.78 is 17.7. The van der Waals surface area contributed by atoms with E-state index < -0.39 is 30.8 Å². The number of carboxylic acids is 1. The Balaban J connectivity index is 1.28. The molecule has 1 unspecified atom stereocenters. The average molecular weight is 538 g/mol. The van der Waals surface area contributed by atoms with Gasteiger partial charge in [0, 0.05) is 5.92 Å². The second-order valence-electron chi connectivity index (χ2n) is 9.64. The van der Waals surface area contributed by atoms with Crippen LogP contribution in [0.4, 0.5) is 4.79 Å². The van der Waals surface area contributed by atoms with Gasteiger partial charge in [0.1, 0.15) is 6.61 Å². The number of nitrogens with one attached hydrogen (secondary N) is 1. The van der Waals surface area contributed by atoms with Crippen LogP contribution >= 0.6 is 0 Å². The first-order valence-electron chi connectivity index (χ1n) is 13.2.